The van der Waals surface area contributed by atoms with Crippen molar-refractivity contribution < 1.29 is 14.3 Å². The highest BCUT2D eigenvalue weighted by Crippen LogP contribution is 2.32. The molecule has 4 nitrogen and oxygen atoms in total. The zero-order chi connectivity index (χ0) is 15.4. The van der Waals surface area contributed by atoms with E-state index in [9.17, 15) is 4.79 Å². The zero-order valence-corrected chi connectivity index (χ0v) is 12.3. The van der Waals surface area contributed by atoms with Gasteiger partial charge in [-0.1, -0.05) is 42.5 Å². The van der Waals surface area contributed by atoms with Crippen molar-refractivity contribution >= 4 is 11.7 Å². The molecule has 1 N–H and O–H groups in total. The Morgan fingerprint density at radius 2 is 1.82 bits per heavy atom. The maximum absolute atomic E-state index is 12.3. The topological polar surface area (TPSA) is 47.6 Å². The van der Waals surface area contributed by atoms with Crippen LogP contribution in [0, 0.1) is 0 Å². The van der Waals surface area contributed by atoms with Crippen LogP contribution in [0.25, 0.3) is 0 Å². The second-order valence-corrected chi connectivity index (χ2v) is 4.88. The van der Waals surface area contributed by atoms with Gasteiger partial charge in [0.1, 0.15) is 0 Å². The average Bonchev–Trinajstić information content (AvgIpc) is 2.54. The number of fused-ring (bicyclic) bond motifs is 1. The van der Waals surface area contributed by atoms with Crippen LogP contribution in [0.2, 0.25) is 0 Å². The largest absolute Gasteiger partial charge is 0.487 e. The summed E-state index contributed by atoms with van der Waals surface area (Å²) in [7, 11) is 0. The molecule has 0 amide bonds. The molecule has 22 heavy (non-hydrogen) atoms. The number of rotatable bonds is 3. The van der Waals surface area contributed by atoms with E-state index in [2.05, 4.69) is 5.32 Å². The first-order valence-electron chi connectivity index (χ1n) is 7.25. The summed E-state index contributed by atoms with van der Waals surface area (Å²) >= 11 is 0. The normalized spacial score (nSPS) is 17.2. The van der Waals surface area contributed by atoms with Crippen LogP contribution in [0.4, 0.5) is 5.69 Å². The number of para-hydroxylation sites is 2. The third-order valence-corrected chi connectivity index (χ3v) is 3.38. The molecular weight excluding hydrogens is 278 g/mol. The van der Waals surface area contributed by atoms with E-state index in [0.29, 0.717) is 12.4 Å². The van der Waals surface area contributed by atoms with Gasteiger partial charge in [0.25, 0.3) is 0 Å². The van der Waals surface area contributed by atoms with E-state index >= 15 is 0 Å². The molecule has 0 saturated heterocycles. The quantitative estimate of drug-likeness (QED) is 0.693. The number of hydrogen-bond donors (Lipinski definition) is 1. The fraction of sp³-hybridized carbons (Fsp3) is 0.167. The maximum atomic E-state index is 12.3. The third-order valence-electron chi connectivity index (χ3n) is 3.38. The Morgan fingerprint density at radius 1 is 1.09 bits per heavy atom. The van der Waals surface area contributed by atoms with Gasteiger partial charge in [0.15, 0.2) is 5.75 Å². The number of carbonyl (C=O) groups excluding carboxylic acids is 1. The highest BCUT2D eigenvalue weighted by atomic mass is 16.6. The molecule has 0 saturated carbocycles. The Hall–Kier alpha value is -2.75. The van der Waals surface area contributed by atoms with Crippen LogP contribution in [0.1, 0.15) is 18.5 Å². The van der Waals surface area contributed by atoms with Crippen LogP contribution in [0.15, 0.2) is 66.4 Å². The van der Waals surface area contributed by atoms with Gasteiger partial charge < -0.3 is 14.8 Å². The Labute approximate surface area is 129 Å². The number of esters is 1. The fourth-order valence-corrected chi connectivity index (χ4v) is 2.36. The zero-order valence-electron chi connectivity index (χ0n) is 12.3. The van der Waals surface area contributed by atoms with E-state index in [1.807, 2.05) is 55.5 Å². The predicted molar refractivity (Wildman–Crippen MR) is 84.6 cm³/mol. The van der Waals surface area contributed by atoms with Gasteiger partial charge in [0.05, 0.1) is 18.3 Å². The van der Waals surface area contributed by atoms with E-state index in [1.54, 1.807) is 12.1 Å². The second kappa shape index (κ2) is 6.35. The molecule has 1 atom stereocenters. The Kier molecular flexibility index (Phi) is 4.10. The molecule has 0 bridgehead atoms. The number of carbonyl (C=O) groups is 1. The van der Waals surface area contributed by atoms with Crippen molar-refractivity contribution in [3.05, 3.63) is 72.0 Å². The maximum Gasteiger partial charge on any atom is 0.378 e. The Bertz CT molecular complexity index is 694. The molecule has 1 aliphatic heterocycles. The van der Waals surface area contributed by atoms with Gasteiger partial charge in [-0.3, -0.25) is 0 Å². The monoisotopic (exact) mass is 295 g/mol. The molecule has 1 heterocycles. The van der Waals surface area contributed by atoms with Gasteiger partial charge in [-0.25, -0.2) is 4.79 Å². The van der Waals surface area contributed by atoms with Crippen LogP contribution < -0.4 is 10.1 Å². The first kappa shape index (κ1) is 14.2. The smallest absolute Gasteiger partial charge is 0.378 e. The minimum Gasteiger partial charge on any atom is -0.487 e. The summed E-state index contributed by atoms with van der Waals surface area (Å²) in [6, 6.07) is 17.1. The molecule has 0 aromatic heterocycles. The summed E-state index contributed by atoms with van der Waals surface area (Å²) in [5.41, 5.74) is 1.82. The van der Waals surface area contributed by atoms with Crippen molar-refractivity contribution in [1.29, 1.82) is 0 Å². The van der Waals surface area contributed by atoms with Crippen molar-refractivity contribution in [3.8, 4) is 5.75 Å². The number of benzene rings is 2. The highest BCUT2D eigenvalue weighted by molar-refractivity contribution is 5.90. The highest BCUT2D eigenvalue weighted by Gasteiger charge is 2.23. The van der Waals surface area contributed by atoms with Crippen LogP contribution in [-0.4, -0.2) is 12.6 Å². The predicted octanol–water partition coefficient (Wildman–Crippen LogP) is 3.68. The van der Waals surface area contributed by atoms with E-state index in [1.165, 1.54) is 0 Å². The lowest BCUT2D eigenvalue weighted by atomic mass is 10.0. The van der Waals surface area contributed by atoms with E-state index < -0.39 is 5.97 Å². The molecule has 1 unspecified atom stereocenters. The molecular formula is C18H17NO3. The summed E-state index contributed by atoms with van der Waals surface area (Å²) < 4.78 is 10.8. The summed E-state index contributed by atoms with van der Waals surface area (Å²) in [5.74, 6) is 0.244. The molecule has 2 aromatic carbocycles. The lowest BCUT2D eigenvalue weighted by Gasteiger charge is -2.23. The second-order valence-electron chi connectivity index (χ2n) is 4.88. The summed E-state index contributed by atoms with van der Waals surface area (Å²) in [6.07, 6.45) is 1.76. The molecule has 3 rings (SSSR count). The van der Waals surface area contributed by atoms with Gasteiger partial charge in [0, 0.05) is 0 Å². The molecule has 112 valence electrons. The minimum absolute atomic E-state index is 0.170. The van der Waals surface area contributed by atoms with Gasteiger partial charge >= 0.3 is 5.97 Å². The van der Waals surface area contributed by atoms with E-state index in [0.717, 1.165) is 11.3 Å². The number of ether oxygens (including phenoxy) is 2. The van der Waals surface area contributed by atoms with E-state index in [4.69, 9.17) is 9.47 Å². The van der Waals surface area contributed by atoms with Gasteiger partial charge in [0.2, 0.25) is 5.76 Å². The number of anilines is 1. The van der Waals surface area contributed by atoms with Gasteiger partial charge in [-0.2, -0.15) is 0 Å². The molecule has 0 radical (unpaired) electrons. The number of nitrogens with one attached hydrogen (secondary N) is 1. The lowest BCUT2D eigenvalue weighted by molar-refractivity contribution is -0.134. The molecule has 0 aliphatic carbocycles. The minimum atomic E-state index is -0.475. The van der Waals surface area contributed by atoms with E-state index in [-0.39, 0.29) is 11.8 Å². The Balaban J connectivity index is 2.05. The van der Waals surface area contributed by atoms with Crippen LogP contribution in [-0.2, 0) is 9.53 Å². The van der Waals surface area contributed by atoms with Crippen molar-refractivity contribution in [2.75, 3.05) is 11.9 Å². The molecule has 0 fully saturated rings. The molecule has 1 aliphatic rings. The molecule has 0 spiro atoms. The standard InChI is InChI=1S/C18H17NO3/c1-2-21-17-12-15(13-8-4-3-5-9-13)19-14-10-6-7-11-16(14)22-18(17)20/h3-12,15,19H,2H2,1H3. The van der Waals surface area contributed by atoms with Crippen molar-refractivity contribution in [2.45, 2.75) is 13.0 Å². The fourth-order valence-electron chi connectivity index (χ4n) is 2.36. The van der Waals surface area contributed by atoms with Crippen molar-refractivity contribution in [3.63, 3.8) is 0 Å². The van der Waals surface area contributed by atoms with Gasteiger partial charge in [-0.15, -0.1) is 0 Å². The molecule has 4 heteroatoms. The van der Waals surface area contributed by atoms with Crippen LogP contribution >= 0.6 is 0 Å². The summed E-state index contributed by atoms with van der Waals surface area (Å²) in [6.45, 7) is 2.25. The Morgan fingerprint density at radius 3 is 2.59 bits per heavy atom. The van der Waals surface area contributed by atoms with Crippen molar-refractivity contribution in [2.24, 2.45) is 0 Å². The third kappa shape index (κ3) is 2.96. The number of hydrogen-bond acceptors (Lipinski definition) is 4. The van der Waals surface area contributed by atoms with Crippen molar-refractivity contribution in [1.82, 2.24) is 0 Å². The van der Waals surface area contributed by atoms with Gasteiger partial charge in [-0.05, 0) is 30.7 Å². The van der Waals surface area contributed by atoms with Crippen LogP contribution in [0.3, 0.4) is 0 Å². The SMILES string of the molecule is CCOC1=CC(c2ccccc2)Nc2ccccc2OC1=O. The molecule has 2 aromatic rings. The first-order valence-corrected chi connectivity index (χ1v) is 7.25. The first-order chi connectivity index (χ1) is 10.8. The average molecular weight is 295 g/mol. The van der Waals surface area contributed by atoms with Crippen LogP contribution in [0.5, 0.6) is 5.75 Å². The summed E-state index contributed by atoms with van der Waals surface area (Å²) in [5, 5.41) is 3.39. The lowest BCUT2D eigenvalue weighted by Crippen LogP contribution is -2.21. The summed E-state index contributed by atoms with van der Waals surface area (Å²) in [4.78, 5) is 12.3.